The molecule has 4 rings (SSSR count). The fourth-order valence-electron chi connectivity index (χ4n) is 3.45. The number of imide groups is 2. The molecular formula is C26H20BrClN2O5. The quantitative estimate of drug-likeness (QED) is 0.313. The topological polar surface area (TPSA) is 84.9 Å². The van der Waals surface area contributed by atoms with Crippen molar-refractivity contribution >= 4 is 57.1 Å². The lowest BCUT2D eigenvalue weighted by Gasteiger charge is -2.26. The van der Waals surface area contributed by atoms with Crippen LogP contribution in [0.1, 0.15) is 16.7 Å². The number of halogens is 2. The Kier molecular flexibility index (Phi) is 7.23. The Morgan fingerprint density at radius 3 is 2.43 bits per heavy atom. The average molecular weight is 556 g/mol. The molecule has 0 radical (unpaired) electrons. The SMILES string of the molecule is COc1cc(/C=C2\C(=O)NC(=O)N(c3ccc(C)cc3)C2=O)c(Br)cc1OCc1ccccc1Cl. The number of carbonyl (C=O) groups is 3. The van der Waals surface area contributed by atoms with Crippen LogP contribution in [-0.4, -0.2) is 25.0 Å². The zero-order valence-electron chi connectivity index (χ0n) is 18.8. The van der Waals surface area contributed by atoms with Gasteiger partial charge in [-0.3, -0.25) is 14.9 Å². The Hall–Kier alpha value is -3.62. The molecule has 4 amide bonds. The van der Waals surface area contributed by atoms with Crippen molar-refractivity contribution in [2.24, 2.45) is 0 Å². The van der Waals surface area contributed by atoms with E-state index in [9.17, 15) is 14.4 Å². The molecular weight excluding hydrogens is 536 g/mol. The number of nitrogens with one attached hydrogen (secondary N) is 1. The lowest BCUT2D eigenvalue weighted by atomic mass is 10.1. The molecule has 178 valence electrons. The lowest BCUT2D eigenvalue weighted by molar-refractivity contribution is -0.122. The first-order chi connectivity index (χ1) is 16.8. The molecule has 0 saturated carbocycles. The van der Waals surface area contributed by atoms with E-state index in [1.165, 1.54) is 13.2 Å². The number of benzene rings is 3. The third-order valence-electron chi connectivity index (χ3n) is 5.32. The van der Waals surface area contributed by atoms with E-state index in [0.717, 1.165) is 16.0 Å². The second-order valence-corrected chi connectivity index (χ2v) is 8.96. The van der Waals surface area contributed by atoms with Crippen molar-refractivity contribution in [3.63, 3.8) is 0 Å². The Labute approximate surface area is 215 Å². The van der Waals surface area contributed by atoms with E-state index in [0.29, 0.717) is 32.2 Å². The van der Waals surface area contributed by atoms with E-state index in [1.807, 2.05) is 25.1 Å². The molecule has 0 unspecified atom stereocenters. The molecule has 1 fully saturated rings. The van der Waals surface area contributed by atoms with Crippen molar-refractivity contribution < 1.29 is 23.9 Å². The minimum Gasteiger partial charge on any atom is -0.493 e. The zero-order chi connectivity index (χ0) is 25.1. The van der Waals surface area contributed by atoms with Gasteiger partial charge in [0.05, 0.1) is 12.8 Å². The van der Waals surface area contributed by atoms with Gasteiger partial charge in [-0.25, -0.2) is 9.69 Å². The summed E-state index contributed by atoms with van der Waals surface area (Å²) in [6.07, 6.45) is 1.40. The third kappa shape index (κ3) is 5.23. The van der Waals surface area contributed by atoms with Crippen LogP contribution in [0, 0.1) is 6.92 Å². The highest BCUT2D eigenvalue weighted by atomic mass is 79.9. The molecule has 0 aliphatic carbocycles. The molecule has 3 aromatic rings. The number of aryl methyl sites for hydroxylation is 1. The molecule has 0 aromatic heterocycles. The lowest BCUT2D eigenvalue weighted by Crippen LogP contribution is -2.54. The fourth-order valence-corrected chi connectivity index (χ4v) is 4.07. The van der Waals surface area contributed by atoms with E-state index in [-0.39, 0.29) is 12.2 Å². The van der Waals surface area contributed by atoms with Crippen LogP contribution >= 0.6 is 27.5 Å². The number of ether oxygens (including phenoxy) is 2. The molecule has 35 heavy (non-hydrogen) atoms. The van der Waals surface area contributed by atoms with Crippen LogP contribution in [0.3, 0.4) is 0 Å². The molecule has 9 heteroatoms. The van der Waals surface area contributed by atoms with Gasteiger partial charge < -0.3 is 9.47 Å². The maximum atomic E-state index is 13.2. The van der Waals surface area contributed by atoms with Gasteiger partial charge in [-0.15, -0.1) is 0 Å². The third-order valence-corrected chi connectivity index (χ3v) is 6.37. The molecule has 1 N–H and O–H groups in total. The predicted molar refractivity (Wildman–Crippen MR) is 137 cm³/mol. The normalized spacial score (nSPS) is 14.8. The minimum atomic E-state index is -0.805. The number of nitrogens with zero attached hydrogens (tertiary/aromatic N) is 1. The first kappa shape index (κ1) is 24.5. The summed E-state index contributed by atoms with van der Waals surface area (Å²) in [6, 6.07) is 16.7. The van der Waals surface area contributed by atoms with Crippen molar-refractivity contribution in [1.82, 2.24) is 5.32 Å². The van der Waals surface area contributed by atoms with Gasteiger partial charge in [-0.05, 0) is 48.9 Å². The molecule has 7 nitrogen and oxygen atoms in total. The summed E-state index contributed by atoms with van der Waals surface area (Å²) in [5.74, 6) is -0.680. The van der Waals surface area contributed by atoms with Crippen molar-refractivity contribution in [2.45, 2.75) is 13.5 Å². The van der Waals surface area contributed by atoms with Crippen LogP contribution in [-0.2, 0) is 16.2 Å². The smallest absolute Gasteiger partial charge is 0.335 e. The number of hydrogen-bond donors (Lipinski definition) is 1. The van der Waals surface area contributed by atoms with Crippen molar-refractivity contribution in [3.8, 4) is 11.5 Å². The molecule has 1 heterocycles. The van der Waals surface area contributed by atoms with Crippen LogP contribution in [0.5, 0.6) is 11.5 Å². The van der Waals surface area contributed by atoms with Crippen LogP contribution in [0.15, 0.2) is 70.7 Å². The maximum absolute atomic E-state index is 13.2. The van der Waals surface area contributed by atoms with Crippen molar-refractivity contribution in [1.29, 1.82) is 0 Å². The first-order valence-electron chi connectivity index (χ1n) is 10.5. The summed E-state index contributed by atoms with van der Waals surface area (Å²) in [5, 5.41) is 2.81. The summed E-state index contributed by atoms with van der Waals surface area (Å²) in [6.45, 7) is 2.11. The first-order valence-corrected chi connectivity index (χ1v) is 11.7. The molecule has 0 atom stereocenters. The largest absolute Gasteiger partial charge is 0.493 e. The highest BCUT2D eigenvalue weighted by Crippen LogP contribution is 2.36. The highest BCUT2D eigenvalue weighted by molar-refractivity contribution is 9.10. The Balaban J connectivity index is 1.65. The maximum Gasteiger partial charge on any atom is 0.335 e. The Bertz CT molecular complexity index is 1350. The summed E-state index contributed by atoms with van der Waals surface area (Å²) in [7, 11) is 1.48. The van der Waals surface area contributed by atoms with Gasteiger partial charge in [0.1, 0.15) is 12.2 Å². The fraction of sp³-hybridized carbons (Fsp3) is 0.115. The number of carbonyl (C=O) groups excluding carboxylic acids is 3. The Morgan fingerprint density at radius 2 is 1.74 bits per heavy atom. The number of rotatable bonds is 6. The van der Waals surface area contributed by atoms with Crippen LogP contribution in [0.25, 0.3) is 6.08 Å². The van der Waals surface area contributed by atoms with Gasteiger partial charge in [0.2, 0.25) is 0 Å². The van der Waals surface area contributed by atoms with Crippen LogP contribution in [0.4, 0.5) is 10.5 Å². The van der Waals surface area contributed by atoms with E-state index in [4.69, 9.17) is 21.1 Å². The van der Waals surface area contributed by atoms with Gasteiger partial charge in [0.25, 0.3) is 11.8 Å². The number of amides is 4. The van der Waals surface area contributed by atoms with Crippen molar-refractivity contribution in [3.05, 3.63) is 92.4 Å². The number of anilines is 1. The Morgan fingerprint density at radius 1 is 1.03 bits per heavy atom. The molecule has 0 bridgehead atoms. The number of barbiturate groups is 1. The van der Waals surface area contributed by atoms with Crippen LogP contribution in [0.2, 0.25) is 5.02 Å². The number of hydrogen-bond acceptors (Lipinski definition) is 5. The van der Waals surface area contributed by atoms with E-state index >= 15 is 0 Å². The highest BCUT2D eigenvalue weighted by Gasteiger charge is 2.37. The minimum absolute atomic E-state index is 0.197. The van der Waals surface area contributed by atoms with Gasteiger partial charge in [-0.1, -0.05) is 63.4 Å². The van der Waals surface area contributed by atoms with Crippen LogP contribution < -0.4 is 19.7 Å². The number of methoxy groups -OCH3 is 1. The standard InChI is InChI=1S/C26H20BrClN2O5/c1-15-7-9-18(10-8-15)30-25(32)19(24(31)29-26(30)33)11-17-12-22(34-2)23(13-20(17)27)35-14-16-5-3-4-6-21(16)28/h3-13H,14H2,1-2H3,(H,29,31,33)/b19-11+. The molecule has 1 saturated heterocycles. The molecule has 1 aliphatic rings. The summed E-state index contributed by atoms with van der Waals surface area (Å²) >= 11 is 9.67. The van der Waals surface area contributed by atoms with Gasteiger partial charge >= 0.3 is 6.03 Å². The zero-order valence-corrected chi connectivity index (χ0v) is 21.1. The van der Waals surface area contributed by atoms with E-state index in [2.05, 4.69) is 21.2 Å². The van der Waals surface area contributed by atoms with Crippen molar-refractivity contribution in [2.75, 3.05) is 12.0 Å². The number of urea groups is 1. The summed E-state index contributed by atoms with van der Waals surface area (Å²) in [4.78, 5) is 39.0. The second kappa shape index (κ2) is 10.3. The molecule has 3 aromatic carbocycles. The van der Waals surface area contributed by atoms with E-state index < -0.39 is 17.8 Å². The second-order valence-electron chi connectivity index (χ2n) is 7.70. The van der Waals surface area contributed by atoms with Gasteiger partial charge in [0.15, 0.2) is 11.5 Å². The van der Waals surface area contributed by atoms with Gasteiger partial charge in [0, 0.05) is 15.1 Å². The molecule has 1 aliphatic heterocycles. The molecule has 0 spiro atoms. The average Bonchev–Trinajstić information content (AvgIpc) is 2.83. The van der Waals surface area contributed by atoms with Gasteiger partial charge in [-0.2, -0.15) is 0 Å². The summed E-state index contributed by atoms with van der Waals surface area (Å²) < 4.78 is 11.9. The predicted octanol–water partition coefficient (Wildman–Crippen LogP) is 5.66. The van der Waals surface area contributed by atoms with E-state index in [1.54, 1.807) is 42.5 Å². The summed E-state index contributed by atoms with van der Waals surface area (Å²) in [5.41, 5.74) is 2.43. The monoisotopic (exact) mass is 554 g/mol.